The van der Waals surface area contributed by atoms with Crippen LogP contribution in [0.5, 0.6) is 0 Å². The van der Waals surface area contributed by atoms with Crippen molar-refractivity contribution in [3.63, 3.8) is 0 Å². The van der Waals surface area contributed by atoms with Gasteiger partial charge in [-0.1, -0.05) is 0 Å². The Morgan fingerprint density at radius 2 is 2.00 bits per heavy atom. The van der Waals surface area contributed by atoms with E-state index in [0.717, 1.165) is 28.2 Å². The first kappa shape index (κ1) is 16.7. The number of fused-ring (bicyclic) bond motifs is 1. The summed E-state index contributed by atoms with van der Waals surface area (Å²) in [6.45, 7) is 2.67. The van der Waals surface area contributed by atoms with Crippen molar-refractivity contribution in [1.29, 1.82) is 0 Å². The molecule has 8 heteroatoms. The third kappa shape index (κ3) is 3.69. The number of amides is 1. The molecule has 1 aromatic carbocycles. The Morgan fingerprint density at radius 1 is 1.24 bits per heavy atom. The maximum atomic E-state index is 11.4. The molecule has 0 spiro atoms. The lowest BCUT2D eigenvalue weighted by Gasteiger charge is -2.15. The molecule has 0 saturated carbocycles. The van der Waals surface area contributed by atoms with Crippen LogP contribution in [0.2, 0.25) is 0 Å². The van der Waals surface area contributed by atoms with Crippen LogP contribution in [0.3, 0.4) is 0 Å². The topological polar surface area (TPSA) is 112 Å². The van der Waals surface area contributed by atoms with E-state index in [1.165, 1.54) is 6.92 Å². The SMILES string of the molecule is CC(=O)N(C)c1ccc(Nc2nc(NCCN)c3cc[nH]c3n2)cc1. The van der Waals surface area contributed by atoms with Gasteiger partial charge >= 0.3 is 0 Å². The zero-order chi connectivity index (χ0) is 17.8. The van der Waals surface area contributed by atoms with Crippen LogP contribution in [0.25, 0.3) is 11.0 Å². The molecule has 0 unspecified atom stereocenters. The maximum Gasteiger partial charge on any atom is 0.231 e. The number of carbonyl (C=O) groups is 1. The summed E-state index contributed by atoms with van der Waals surface area (Å²) in [5, 5.41) is 7.30. The number of anilines is 4. The Hall–Kier alpha value is -3.13. The standard InChI is InChI=1S/C17H21N7O/c1-11(25)24(2)13-5-3-12(4-6-13)21-17-22-15-14(7-9-19-15)16(23-17)20-10-8-18/h3-7,9H,8,10,18H2,1-2H3,(H3,19,20,21,22,23). The van der Waals surface area contributed by atoms with E-state index in [2.05, 4.69) is 25.6 Å². The summed E-state index contributed by atoms with van der Waals surface area (Å²) in [5.41, 5.74) is 7.95. The predicted molar refractivity (Wildman–Crippen MR) is 100 cm³/mol. The number of aromatic amines is 1. The molecule has 5 N–H and O–H groups in total. The van der Waals surface area contributed by atoms with E-state index < -0.39 is 0 Å². The van der Waals surface area contributed by atoms with Gasteiger partial charge in [-0.25, -0.2) is 0 Å². The Labute approximate surface area is 145 Å². The van der Waals surface area contributed by atoms with Crippen LogP contribution in [0.4, 0.5) is 23.1 Å². The Bertz CT molecular complexity index is 872. The molecule has 0 radical (unpaired) electrons. The first-order valence-corrected chi connectivity index (χ1v) is 7.99. The van der Waals surface area contributed by atoms with Gasteiger partial charge in [-0.2, -0.15) is 9.97 Å². The maximum absolute atomic E-state index is 11.4. The molecule has 0 aliphatic rings. The Kier molecular flexibility index (Phi) is 4.80. The molecule has 130 valence electrons. The highest BCUT2D eigenvalue weighted by Crippen LogP contribution is 2.24. The average Bonchev–Trinajstić information content (AvgIpc) is 3.08. The molecule has 0 bridgehead atoms. The monoisotopic (exact) mass is 339 g/mol. The summed E-state index contributed by atoms with van der Waals surface area (Å²) in [4.78, 5) is 25.1. The Morgan fingerprint density at radius 3 is 2.68 bits per heavy atom. The third-order valence-corrected chi connectivity index (χ3v) is 3.84. The van der Waals surface area contributed by atoms with Gasteiger partial charge in [-0.15, -0.1) is 0 Å². The highest BCUT2D eigenvalue weighted by molar-refractivity contribution is 5.91. The van der Waals surface area contributed by atoms with Gasteiger partial charge in [0.1, 0.15) is 11.5 Å². The number of benzene rings is 1. The van der Waals surface area contributed by atoms with Gasteiger partial charge in [0.2, 0.25) is 11.9 Å². The summed E-state index contributed by atoms with van der Waals surface area (Å²) in [6.07, 6.45) is 1.82. The lowest BCUT2D eigenvalue weighted by Crippen LogP contribution is -2.22. The van der Waals surface area contributed by atoms with Crippen LogP contribution >= 0.6 is 0 Å². The number of rotatable bonds is 6. The fourth-order valence-electron chi connectivity index (χ4n) is 2.40. The molecular weight excluding hydrogens is 318 g/mol. The molecule has 0 aliphatic heterocycles. The van der Waals surface area contributed by atoms with E-state index in [1.807, 2.05) is 36.5 Å². The number of aromatic nitrogens is 3. The van der Waals surface area contributed by atoms with Crippen molar-refractivity contribution in [3.8, 4) is 0 Å². The lowest BCUT2D eigenvalue weighted by molar-refractivity contribution is -0.116. The third-order valence-electron chi connectivity index (χ3n) is 3.84. The number of nitrogens with one attached hydrogen (secondary N) is 3. The highest BCUT2D eigenvalue weighted by atomic mass is 16.2. The number of nitrogens with zero attached hydrogens (tertiary/aromatic N) is 3. The van der Waals surface area contributed by atoms with E-state index in [-0.39, 0.29) is 5.91 Å². The van der Waals surface area contributed by atoms with Crippen molar-refractivity contribution in [2.75, 3.05) is 35.7 Å². The second kappa shape index (κ2) is 7.18. The highest BCUT2D eigenvalue weighted by Gasteiger charge is 2.09. The van der Waals surface area contributed by atoms with Crippen molar-refractivity contribution in [2.24, 2.45) is 5.73 Å². The van der Waals surface area contributed by atoms with Gasteiger partial charge in [-0.05, 0) is 30.3 Å². The van der Waals surface area contributed by atoms with E-state index in [1.54, 1.807) is 11.9 Å². The van der Waals surface area contributed by atoms with Gasteiger partial charge in [0, 0.05) is 44.6 Å². The summed E-state index contributed by atoms with van der Waals surface area (Å²) in [7, 11) is 1.74. The van der Waals surface area contributed by atoms with Gasteiger partial charge < -0.3 is 26.3 Å². The van der Waals surface area contributed by atoms with Crippen LogP contribution in [0, 0.1) is 0 Å². The smallest absolute Gasteiger partial charge is 0.231 e. The molecule has 0 atom stereocenters. The van der Waals surface area contributed by atoms with E-state index in [0.29, 0.717) is 19.0 Å². The number of nitrogens with two attached hydrogens (primary N) is 1. The minimum absolute atomic E-state index is 0.0168. The molecule has 0 fully saturated rings. The first-order valence-electron chi connectivity index (χ1n) is 7.99. The number of carbonyl (C=O) groups excluding carboxylic acids is 1. The van der Waals surface area contributed by atoms with Crippen LogP contribution in [-0.4, -0.2) is 41.0 Å². The van der Waals surface area contributed by atoms with Gasteiger partial charge in [0.05, 0.1) is 5.39 Å². The van der Waals surface area contributed by atoms with E-state index in [9.17, 15) is 4.79 Å². The molecule has 3 rings (SSSR count). The number of H-pyrrole nitrogens is 1. The minimum atomic E-state index is -0.0168. The summed E-state index contributed by atoms with van der Waals surface area (Å²) in [6, 6.07) is 9.41. The minimum Gasteiger partial charge on any atom is -0.368 e. The quantitative estimate of drug-likeness (QED) is 0.547. The van der Waals surface area contributed by atoms with Crippen molar-refractivity contribution >= 4 is 40.1 Å². The van der Waals surface area contributed by atoms with Crippen molar-refractivity contribution < 1.29 is 4.79 Å². The average molecular weight is 339 g/mol. The fraction of sp³-hybridized carbons (Fsp3) is 0.235. The zero-order valence-electron chi connectivity index (χ0n) is 14.2. The number of hydrogen-bond donors (Lipinski definition) is 4. The summed E-state index contributed by atoms with van der Waals surface area (Å²) >= 11 is 0. The van der Waals surface area contributed by atoms with Gasteiger partial charge in [-0.3, -0.25) is 4.79 Å². The molecular formula is C17H21N7O. The molecule has 3 aromatic rings. The molecule has 1 amide bonds. The van der Waals surface area contributed by atoms with E-state index in [4.69, 9.17) is 5.73 Å². The Balaban J connectivity index is 1.83. The normalized spacial score (nSPS) is 10.7. The first-order chi connectivity index (χ1) is 12.1. The summed E-state index contributed by atoms with van der Waals surface area (Å²) in [5.74, 6) is 1.19. The van der Waals surface area contributed by atoms with Crippen molar-refractivity contribution in [2.45, 2.75) is 6.92 Å². The van der Waals surface area contributed by atoms with Crippen molar-refractivity contribution in [3.05, 3.63) is 36.5 Å². The second-order valence-corrected chi connectivity index (χ2v) is 5.60. The lowest BCUT2D eigenvalue weighted by atomic mass is 10.2. The molecule has 0 saturated heterocycles. The molecule has 8 nitrogen and oxygen atoms in total. The zero-order valence-corrected chi connectivity index (χ0v) is 14.2. The van der Waals surface area contributed by atoms with Crippen LogP contribution in [0.1, 0.15) is 6.92 Å². The molecule has 2 heterocycles. The second-order valence-electron chi connectivity index (χ2n) is 5.60. The van der Waals surface area contributed by atoms with Crippen LogP contribution in [0.15, 0.2) is 36.5 Å². The van der Waals surface area contributed by atoms with Gasteiger partial charge in [0.15, 0.2) is 0 Å². The largest absolute Gasteiger partial charge is 0.368 e. The fourth-order valence-corrected chi connectivity index (χ4v) is 2.40. The van der Waals surface area contributed by atoms with Crippen LogP contribution in [-0.2, 0) is 4.79 Å². The van der Waals surface area contributed by atoms with Gasteiger partial charge in [0.25, 0.3) is 0 Å². The number of hydrogen-bond acceptors (Lipinski definition) is 6. The summed E-state index contributed by atoms with van der Waals surface area (Å²) < 4.78 is 0. The molecule has 0 aliphatic carbocycles. The van der Waals surface area contributed by atoms with Crippen LogP contribution < -0.4 is 21.3 Å². The van der Waals surface area contributed by atoms with Crippen molar-refractivity contribution in [1.82, 2.24) is 15.0 Å². The predicted octanol–water partition coefficient (Wildman–Crippen LogP) is 2.05. The molecule has 2 aromatic heterocycles. The van der Waals surface area contributed by atoms with E-state index >= 15 is 0 Å². The molecule has 25 heavy (non-hydrogen) atoms.